The summed E-state index contributed by atoms with van der Waals surface area (Å²) in [6.07, 6.45) is -9.00. The first-order valence-corrected chi connectivity index (χ1v) is 26.6. The van der Waals surface area contributed by atoms with E-state index in [0.29, 0.717) is 11.1 Å². The summed E-state index contributed by atoms with van der Waals surface area (Å²) in [5, 5.41) is 27.1. The van der Waals surface area contributed by atoms with Gasteiger partial charge in [-0.2, -0.15) is 0 Å². The number of benzene rings is 2. The fraction of sp³-hybridized carbons (Fsp3) is 0.635. The number of hydrogen-bond acceptors (Lipinski definition) is 14. The number of aliphatic hydroxyl groups is 2. The van der Waals surface area contributed by atoms with Gasteiger partial charge in [-0.15, -0.1) is 0 Å². The van der Waals surface area contributed by atoms with Crippen molar-refractivity contribution in [1.82, 2.24) is 4.90 Å². The molecule has 16 heteroatoms. The van der Waals surface area contributed by atoms with Crippen molar-refractivity contribution in [3.8, 4) is 0 Å². The van der Waals surface area contributed by atoms with E-state index < -0.39 is 126 Å². The molecule has 11 atom stereocenters. The van der Waals surface area contributed by atoms with Gasteiger partial charge in [0.05, 0.1) is 29.8 Å². The van der Waals surface area contributed by atoms with Gasteiger partial charge < -0.3 is 43.1 Å². The Morgan fingerprint density at radius 3 is 1.99 bits per heavy atom. The molecule has 15 nitrogen and oxygen atoms in total. The maximum atomic E-state index is 16.2. The summed E-state index contributed by atoms with van der Waals surface area (Å²) >= 11 is 0. The van der Waals surface area contributed by atoms with Crippen molar-refractivity contribution in [2.45, 2.75) is 186 Å². The molecule has 0 spiro atoms. The Kier molecular flexibility index (Phi) is 13.6. The quantitative estimate of drug-likeness (QED) is 0.0960. The maximum absolute atomic E-state index is 16.2. The second kappa shape index (κ2) is 18.1. The minimum absolute atomic E-state index is 0.108. The van der Waals surface area contributed by atoms with Crippen LogP contribution in [-0.4, -0.2) is 119 Å². The summed E-state index contributed by atoms with van der Waals surface area (Å²) in [5.41, 5.74) is -8.59. The molecule has 0 aromatic heterocycles. The van der Waals surface area contributed by atoms with Crippen LogP contribution in [0.1, 0.15) is 125 Å². The summed E-state index contributed by atoms with van der Waals surface area (Å²) in [7, 11) is -2.58. The molecule has 5 aliphatic rings. The molecule has 0 radical (unpaired) electrons. The molecule has 68 heavy (non-hydrogen) atoms. The largest absolute Gasteiger partial charge is 0.456 e. The molecule has 2 aliphatic heterocycles. The number of ether oxygens (including phenoxy) is 6. The van der Waals surface area contributed by atoms with Gasteiger partial charge in [0, 0.05) is 31.1 Å². The van der Waals surface area contributed by atoms with Gasteiger partial charge in [-0.1, -0.05) is 83.1 Å². The third kappa shape index (κ3) is 8.44. The van der Waals surface area contributed by atoms with Crippen molar-refractivity contribution >= 4 is 38.1 Å². The number of rotatable bonds is 11. The Labute approximate surface area is 401 Å². The molecule has 372 valence electrons. The van der Waals surface area contributed by atoms with Crippen LogP contribution in [0.4, 0.5) is 4.79 Å². The van der Waals surface area contributed by atoms with Crippen molar-refractivity contribution in [3.05, 3.63) is 82.9 Å². The molecule has 2 saturated heterocycles. The summed E-state index contributed by atoms with van der Waals surface area (Å²) in [6.45, 7) is 22.3. The lowest BCUT2D eigenvalue weighted by atomic mass is 9.44. The number of Topliss-reactive ketones (excluding diaryl/α,β-unsaturated/α-hetero) is 1. The lowest BCUT2D eigenvalue weighted by Gasteiger charge is -2.67. The molecule has 0 unspecified atom stereocenters. The first-order valence-electron chi connectivity index (χ1n) is 24.0. The standard InChI is InChI=1S/C52H71NO14Si/c1-14-68(15-2,16-3)67-35-27-36-51(59,29-61-36)41-43(64-44(56)33-25-21-18-22-26-33)52(60)28-34(30(4)37(48(52,9)10)39(62-31(5)54)42(55)50(35,41)13)63-45(57)40-38(32-23-19-17-20-24-32)53(49(11,12)65-40)46(58)66-47(6,7)8/h17-26,34-36,38-41,43,59-60H,14-16,27-29H2,1-13H3/t34-,35+,36-,38+,39-,40-,41+,43+,50-,51+,52-/m1/s1. The van der Waals surface area contributed by atoms with Crippen LogP contribution in [0.25, 0.3) is 0 Å². The Morgan fingerprint density at radius 2 is 1.46 bits per heavy atom. The third-order valence-electron chi connectivity index (χ3n) is 16.0. The molecule has 2 aromatic rings. The van der Waals surface area contributed by atoms with E-state index in [0.717, 1.165) is 18.1 Å². The minimum atomic E-state index is -2.58. The van der Waals surface area contributed by atoms with Gasteiger partial charge in [0.15, 0.2) is 26.3 Å². The molecule has 3 aliphatic carbocycles. The highest BCUT2D eigenvalue weighted by atomic mass is 28.4. The van der Waals surface area contributed by atoms with Gasteiger partial charge in [-0.3, -0.25) is 14.5 Å². The van der Waals surface area contributed by atoms with E-state index in [4.69, 9.17) is 32.8 Å². The zero-order chi connectivity index (χ0) is 50.2. The smallest absolute Gasteiger partial charge is 0.413 e. The van der Waals surface area contributed by atoms with Crippen molar-refractivity contribution in [2.24, 2.45) is 16.7 Å². The molecule has 2 saturated carbocycles. The molecule has 1 amide bonds. The minimum Gasteiger partial charge on any atom is -0.456 e. The highest BCUT2D eigenvalue weighted by molar-refractivity contribution is 6.73. The number of nitrogens with zero attached hydrogens (tertiary/aromatic N) is 1. The Hall–Kier alpha value is -4.45. The van der Waals surface area contributed by atoms with E-state index in [-0.39, 0.29) is 24.2 Å². The van der Waals surface area contributed by atoms with Crippen LogP contribution in [0.3, 0.4) is 0 Å². The summed E-state index contributed by atoms with van der Waals surface area (Å²) in [6, 6.07) is 18.2. The lowest BCUT2D eigenvalue weighted by Crippen LogP contribution is -2.81. The summed E-state index contributed by atoms with van der Waals surface area (Å²) in [5.74, 6) is -4.56. The number of carbonyl (C=O) groups is 5. The first-order chi connectivity index (χ1) is 31.7. The average molecular weight is 962 g/mol. The Balaban J connectivity index is 1.43. The Morgan fingerprint density at radius 1 is 0.868 bits per heavy atom. The predicted molar refractivity (Wildman–Crippen MR) is 251 cm³/mol. The SMILES string of the molecule is CC[Si](CC)(CC)O[C@H]1C[C@H]2OC[C@@]2(O)[C@H]2[C@H](OC(=O)c3ccccc3)[C@]3(O)C[C@@H](OC(=O)[C@@H]4OC(C)(C)N(C(=O)OC(C)(C)C)[C@H]4c4ccccc4)C(C)=C([C@@H](OC(C)=O)C(=O)[C@]12C)C3(C)C. The lowest BCUT2D eigenvalue weighted by molar-refractivity contribution is -0.342. The zero-order valence-electron chi connectivity index (χ0n) is 41.9. The van der Waals surface area contributed by atoms with Crippen molar-refractivity contribution in [1.29, 1.82) is 0 Å². The van der Waals surface area contributed by atoms with Crippen LogP contribution in [0.5, 0.6) is 0 Å². The number of amides is 1. The van der Waals surface area contributed by atoms with Crippen LogP contribution < -0.4 is 0 Å². The number of fused-ring (bicyclic) bond motifs is 5. The van der Waals surface area contributed by atoms with Crippen molar-refractivity contribution in [2.75, 3.05) is 6.61 Å². The molecular formula is C52H71NO14Si. The van der Waals surface area contributed by atoms with Gasteiger partial charge in [0.1, 0.15) is 40.8 Å². The van der Waals surface area contributed by atoms with E-state index in [9.17, 15) is 24.6 Å². The normalized spacial score (nSPS) is 34.0. The van der Waals surface area contributed by atoms with Crippen LogP contribution in [0.2, 0.25) is 18.1 Å². The number of ketones is 1. The highest BCUT2D eigenvalue weighted by Crippen LogP contribution is 2.64. The Bertz CT molecular complexity index is 2300. The van der Waals surface area contributed by atoms with E-state index >= 15 is 9.59 Å². The average Bonchev–Trinajstić information content (AvgIpc) is 3.57. The summed E-state index contributed by atoms with van der Waals surface area (Å²) in [4.78, 5) is 74.6. The topological polar surface area (TPSA) is 194 Å². The van der Waals surface area contributed by atoms with E-state index in [1.54, 1.807) is 123 Å². The number of carbonyl (C=O) groups excluding carboxylic acids is 5. The van der Waals surface area contributed by atoms with Gasteiger partial charge >= 0.3 is 24.0 Å². The first kappa shape index (κ1) is 51.4. The molecule has 2 aromatic carbocycles. The van der Waals surface area contributed by atoms with Gasteiger partial charge in [0.2, 0.25) is 0 Å². The van der Waals surface area contributed by atoms with Crippen LogP contribution in [0.15, 0.2) is 71.8 Å². The number of hydrogen-bond donors (Lipinski definition) is 2. The van der Waals surface area contributed by atoms with Gasteiger partial charge in [0.25, 0.3) is 0 Å². The molecule has 2 N–H and O–H groups in total. The van der Waals surface area contributed by atoms with E-state index in [1.807, 2.05) is 0 Å². The van der Waals surface area contributed by atoms with Crippen LogP contribution in [0, 0.1) is 16.7 Å². The second-order valence-corrected chi connectivity index (χ2v) is 26.4. The predicted octanol–water partition coefficient (Wildman–Crippen LogP) is 7.78. The summed E-state index contributed by atoms with van der Waals surface area (Å²) < 4.78 is 44.9. The zero-order valence-corrected chi connectivity index (χ0v) is 42.9. The second-order valence-electron chi connectivity index (χ2n) is 21.6. The van der Waals surface area contributed by atoms with Crippen molar-refractivity contribution < 1.29 is 67.0 Å². The fourth-order valence-electron chi connectivity index (χ4n) is 12.0. The molecule has 7 rings (SSSR count). The highest BCUT2D eigenvalue weighted by Gasteiger charge is 2.77. The molecule has 2 bridgehead atoms. The van der Waals surface area contributed by atoms with E-state index in [1.165, 1.54) is 11.8 Å². The van der Waals surface area contributed by atoms with Gasteiger partial charge in [-0.05, 0) is 95.4 Å². The monoisotopic (exact) mass is 961 g/mol. The number of esters is 3. The van der Waals surface area contributed by atoms with Gasteiger partial charge in [-0.25, -0.2) is 14.4 Å². The van der Waals surface area contributed by atoms with E-state index in [2.05, 4.69) is 20.8 Å². The molecule has 2 heterocycles. The maximum Gasteiger partial charge on any atom is 0.413 e. The molecule has 4 fully saturated rings. The third-order valence-corrected chi connectivity index (χ3v) is 20.6. The van der Waals surface area contributed by atoms with Crippen molar-refractivity contribution in [3.63, 3.8) is 0 Å². The van der Waals surface area contributed by atoms with Crippen LogP contribution >= 0.6 is 0 Å². The fourth-order valence-corrected chi connectivity index (χ4v) is 14.9. The van der Waals surface area contributed by atoms with Crippen LogP contribution in [-0.2, 0) is 47.2 Å². The molecular weight excluding hydrogens is 891 g/mol.